The lowest BCUT2D eigenvalue weighted by Crippen LogP contribution is -2.20. The molecule has 4 unspecified atom stereocenters. The molecule has 2 fully saturated rings. The first-order chi connectivity index (χ1) is 7.98. The molecule has 94 valence electrons. The van der Waals surface area contributed by atoms with Crippen LogP contribution in [-0.4, -0.2) is 12.6 Å². The minimum atomic E-state index is 0.0399. The minimum absolute atomic E-state index is 0.0399. The van der Waals surface area contributed by atoms with E-state index in [0.717, 1.165) is 12.3 Å². The molecule has 2 nitrogen and oxygen atoms in total. The van der Waals surface area contributed by atoms with E-state index in [9.17, 15) is 4.79 Å². The van der Waals surface area contributed by atoms with Crippen molar-refractivity contribution in [1.82, 2.24) is 0 Å². The van der Waals surface area contributed by atoms with Crippen molar-refractivity contribution >= 4 is 5.97 Å². The second kappa shape index (κ2) is 3.60. The van der Waals surface area contributed by atoms with Gasteiger partial charge in [0.25, 0.3) is 0 Å². The van der Waals surface area contributed by atoms with Crippen LogP contribution in [0.25, 0.3) is 0 Å². The first kappa shape index (κ1) is 11.3. The summed E-state index contributed by atoms with van der Waals surface area (Å²) in [5.41, 5.74) is 1.67. The van der Waals surface area contributed by atoms with Crippen LogP contribution in [0.4, 0.5) is 0 Å². The number of cyclic esters (lactones) is 1. The van der Waals surface area contributed by atoms with Crippen molar-refractivity contribution in [3.63, 3.8) is 0 Å². The van der Waals surface area contributed by atoms with Gasteiger partial charge in [-0.1, -0.05) is 32.4 Å². The van der Waals surface area contributed by atoms with Crippen LogP contribution in [-0.2, 0) is 9.53 Å². The molecule has 0 bridgehead atoms. The third-order valence-electron chi connectivity index (χ3n) is 4.94. The fraction of sp³-hybridized carbons (Fsp3) is 0.800. The van der Waals surface area contributed by atoms with Gasteiger partial charge in [0, 0.05) is 5.92 Å². The third-order valence-corrected chi connectivity index (χ3v) is 4.94. The van der Waals surface area contributed by atoms with Crippen molar-refractivity contribution in [3.05, 3.63) is 11.6 Å². The Morgan fingerprint density at radius 1 is 1.35 bits per heavy atom. The maximum absolute atomic E-state index is 12.0. The Morgan fingerprint density at radius 2 is 2.12 bits per heavy atom. The molecule has 4 atom stereocenters. The van der Waals surface area contributed by atoms with Crippen LogP contribution in [0.2, 0.25) is 0 Å². The molecule has 0 aromatic heterocycles. The zero-order valence-electron chi connectivity index (χ0n) is 11.0. The first-order valence-electron chi connectivity index (χ1n) is 6.87. The topological polar surface area (TPSA) is 26.3 Å². The number of ether oxygens (including phenoxy) is 1. The molecule has 0 radical (unpaired) electrons. The summed E-state index contributed by atoms with van der Waals surface area (Å²) in [7, 11) is 0. The number of rotatable bonds is 0. The van der Waals surface area contributed by atoms with E-state index in [-0.39, 0.29) is 17.3 Å². The minimum Gasteiger partial charge on any atom is -0.465 e. The predicted octanol–water partition coefficient (Wildman–Crippen LogP) is 3.18. The average molecular weight is 234 g/mol. The molecule has 0 aromatic rings. The van der Waals surface area contributed by atoms with Gasteiger partial charge in [-0.15, -0.1) is 0 Å². The van der Waals surface area contributed by atoms with E-state index >= 15 is 0 Å². The van der Waals surface area contributed by atoms with Crippen LogP contribution in [0.3, 0.4) is 0 Å². The molecular weight excluding hydrogens is 212 g/mol. The molecule has 1 aliphatic heterocycles. The summed E-state index contributed by atoms with van der Waals surface area (Å²) >= 11 is 0. The Morgan fingerprint density at radius 3 is 2.88 bits per heavy atom. The normalized spacial score (nSPS) is 43.5. The van der Waals surface area contributed by atoms with E-state index < -0.39 is 0 Å². The third kappa shape index (κ3) is 1.73. The maximum Gasteiger partial charge on any atom is 0.313 e. The van der Waals surface area contributed by atoms with Crippen LogP contribution in [0.5, 0.6) is 0 Å². The van der Waals surface area contributed by atoms with Crippen molar-refractivity contribution in [3.8, 4) is 0 Å². The molecule has 3 aliphatic rings. The van der Waals surface area contributed by atoms with Gasteiger partial charge in [0.05, 0.1) is 12.5 Å². The standard InChI is InChI=1S/C15H22O2/c1-9-4-5-10-8-17-14(16)13(10)12-7-15(2,3)6-11(9)12/h7,9-11,13H,4-6,8H2,1-3H3. The Hall–Kier alpha value is -0.790. The highest BCUT2D eigenvalue weighted by Gasteiger charge is 2.48. The number of carbonyl (C=O) groups is 1. The van der Waals surface area contributed by atoms with E-state index in [1.54, 1.807) is 0 Å². The number of fused-ring (bicyclic) bond motifs is 3. The number of esters is 1. The van der Waals surface area contributed by atoms with Crippen molar-refractivity contribution in [2.75, 3.05) is 6.61 Å². The van der Waals surface area contributed by atoms with Crippen molar-refractivity contribution < 1.29 is 9.53 Å². The van der Waals surface area contributed by atoms with Gasteiger partial charge in [0.2, 0.25) is 0 Å². The molecule has 0 N–H and O–H groups in total. The summed E-state index contributed by atoms with van der Waals surface area (Å²) in [6.45, 7) is 7.58. The monoisotopic (exact) mass is 234 g/mol. The zero-order chi connectivity index (χ0) is 12.2. The summed E-state index contributed by atoms with van der Waals surface area (Å²) in [5.74, 6) is 1.92. The quantitative estimate of drug-likeness (QED) is 0.475. The van der Waals surface area contributed by atoms with Gasteiger partial charge in [-0.05, 0) is 36.5 Å². The van der Waals surface area contributed by atoms with Gasteiger partial charge in [0.1, 0.15) is 0 Å². The van der Waals surface area contributed by atoms with Crippen LogP contribution in [0.1, 0.15) is 40.0 Å². The smallest absolute Gasteiger partial charge is 0.313 e. The molecule has 1 heterocycles. The molecule has 2 aliphatic carbocycles. The molecule has 1 saturated heterocycles. The van der Waals surface area contributed by atoms with Crippen LogP contribution in [0.15, 0.2) is 11.6 Å². The predicted molar refractivity (Wildman–Crippen MR) is 66.3 cm³/mol. The second-order valence-corrected chi connectivity index (χ2v) is 6.87. The van der Waals surface area contributed by atoms with Gasteiger partial charge in [-0.3, -0.25) is 4.79 Å². The van der Waals surface area contributed by atoms with Gasteiger partial charge in [0.15, 0.2) is 0 Å². The summed E-state index contributed by atoms with van der Waals surface area (Å²) in [6, 6.07) is 0. The number of hydrogen-bond acceptors (Lipinski definition) is 2. The SMILES string of the molecule is CC1CCC2COC(=O)C2C2=CC(C)(C)CC21. The molecule has 2 heteroatoms. The molecule has 17 heavy (non-hydrogen) atoms. The average Bonchev–Trinajstić information content (AvgIpc) is 2.72. The fourth-order valence-corrected chi connectivity index (χ4v) is 4.06. The highest BCUT2D eigenvalue weighted by molar-refractivity contribution is 5.78. The fourth-order valence-electron chi connectivity index (χ4n) is 4.06. The Labute approximate surface area is 103 Å². The van der Waals surface area contributed by atoms with Gasteiger partial charge < -0.3 is 4.74 Å². The lowest BCUT2D eigenvalue weighted by molar-refractivity contribution is -0.140. The van der Waals surface area contributed by atoms with E-state index in [1.807, 2.05) is 0 Å². The summed E-state index contributed by atoms with van der Waals surface area (Å²) in [5, 5.41) is 0. The van der Waals surface area contributed by atoms with E-state index in [4.69, 9.17) is 4.74 Å². The van der Waals surface area contributed by atoms with E-state index in [1.165, 1.54) is 18.4 Å². The number of hydrogen-bond donors (Lipinski definition) is 0. The van der Waals surface area contributed by atoms with Gasteiger partial charge >= 0.3 is 5.97 Å². The Bertz CT molecular complexity index is 380. The van der Waals surface area contributed by atoms with Crippen LogP contribution in [0, 0.1) is 29.1 Å². The highest BCUT2D eigenvalue weighted by Crippen LogP contribution is 2.52. The second-order valence-electron chi connectivity index (χ2n) is 6.87. The molecule has 0 aromatic carbocycles. The molecule has 0 spiro atoms. The molecule has 0 amide bonds. The van der Waals surface area contributed by atoms with Crippen molar-refractivity contribution in [2.45, 2.75) is 40.0 Å². The first-order valence-corrected chi connectivity index (χ1v) is 6.87. The van der Waals surface area contributed by atoms with E-state index in [0.29, 0.717) is 18.4 Å². The summed E-state index contributed by atoms with van der Waals surface area (Å²) < 4.78 is 5.29. The van der Waals surface area contributed by atoms with Crippen LogP contribution >= 0.6 is 0 Å². The maximum atomic E-state index is 12.0. The highest BCUT2D eigenvalue weighted by atomic mass is 16.5. The molecular formula is C15H22O2. The molecule has 1 saturated carbocycles. The zero-order valence-corrected chi connectivity index (χ0v) is 11.0. The summed E-state index contributed by atoms with van der Waals surface area (Å²) in [4.78, 5) is 12.0. The number of allylic oxidation sites excluding steroid dienone is 1. The number of carbonyl (C=O) groups excluding carboxylic acids is 1. The van der Waals surface area contributed by atoms with E-state index in [2.05, 4.69) is 26.8 Å². The van der Waals surface area contributed by atoms with Gasteiger partial charge in [-0.25, -0.2) is 0 Å². The van der Waals surface area contributed by atoms with Crippen molar-refractivity contribution in [2.24, 2.45) is 29.1 Å². The lowest BCUT2D eigenvalue weighted by Gasteiger charge is -2.23. The molecule has 3 rings (SSSR count). The Balaban J connectivity index is 2.01. The van der Waals surface area contributed by atoms with Crippen LogP contribution < -0.4 is 0 Å². The van der Waals surface area contributed by atoms with Gasteiger partial charge in [-0.2, -0.15) is 0 Å². The lowest BCUT2D eigenvalue weighted by atomic mass is 9.80. The summed E-state index contributed by atoms with van der Waals surface area (Å²) in [6.07, 6.45) is 5.99. The van der Waals surface area contributed by atoms with Crippen molar-refractivity contribution in [1.29, 1.82) is 0 Å². The Kier molecular flexibility index (Phi) is 2.39. The largest absolute Gasteiger partial charge is 0.465 e.